The Labute approximate surface area is 116 Å². The van der Waals surface area contributed by atoms with Gasteiger partial charge in [0.15, 0.2) is 0 Å². The van der Waals surface area contributed by atoms with Crippen molar-refractivity contribution in [3.8, 4) is 5.75 Å². The zero-order chi connectivity index (χ0) is 14.0. The molecular formula is C15H14ClNO2. The third-order valence-corrected chi connectivity index (χ3v) is 3.39. The molecule has 2 rings (SSSR count). The molecule has 0 saturated heterocycles. The topological polar surface area (TPSA) is 49.3 Å². The van der Waals surface area contributed by atoms with Gasteiger partial charge in [-0.15, -0.1) is 0 Å². The summed E-state index contributed by atoms with van der Waals surface area (Å²) in [6, 6.07) is 10.1. The first kappa shape index (κ1) is 13.4. The van der Waals surface area contributed by atoms with Crippen LogP contribution in [0, 0.1) is 13.8 Å². The average Bonchev–Trinajstić information content (AvgIpc) is 2.38. The number of phenols is 1. The van der Waals surface area contributed by atoms with Gasteiger partial charge in [0.2, 0.25) is 0 Å². The van der Waals surface area contributed by atoms with E-state index >= 15 is 0 Å². The highest BCUT2D eigenvalue weighted by molar-refractivity contribution is 6.31. The molecule has 2 aromatic carbocycles. The van der Waals surface area contributed by atoms with E-state index in [4.69, 9.17) is 11.6 Å². The Hall–Kier alpha value is -2.00. The van der Waals surface area contributed by atoms with Crippen LogP contribution in [0.2, 0.25) is 5.02 Å². The third-order valence-electron chi connectivity index (χ3n) is 2.99. The quantitative estimate of drug-likeness (QED) is 0.873. The summed E-state index contributed by atoms with van der Waals surface area (Å²) in [6.45, 7) is 3.62. The zero-order valence-electron chi connectivity index (χ0n) is 10.7. The lowest BCUT2D eigenvalue weighted by Crippen LogP contribution is -2.12. The molecule has 0 spiro atoms. The fourth-order valence-electron chi connectivity index (χ4n) is 1.69. The minimum Gasteiger partial charge on any atom is -0.508 e. The molecule has 1 amide bonds. The van der Waals surface area contributed by atoms with Gasteiger partial charge in [-0.3, -0.25) is 4.79 Å². The molecule has 4 heteroatoms. The number of rotatable bonds is 2. The number of aromatic hydroxyl groups is 1. The second-order valence-electron chi connectivity index (χ2n) is 4.37. The van der Waals surface area contributed by atoms with Gasteiger partial charge in [0.25, 0.3) is 5.91 Å². The van der Waals surface area contributed by atoms with Crippen LogP contribution in [-0.4, -0.2) is 11.0 Å². The molecular weight excluding hydrogens is 262 g/mol. The molecule has 2 N–H and O–H groups in total. The van der Waals surface area contributed by atoms with Crippen LogP contribution in [0.5, 0.6) is 5.75 Å². The number of hydrogen-bond acceptors (Lipinski definition) is 2. The standard InChI is InChI=1S/C15H14ClNO2/c1-9-6-7-11(8-12(9)16)15(19)17-13-4-3-5-14(18)10(13)2/h3-8,18H,1-2H3,(H,17,19). The number of halogens is 1. The third kappa shape index (κ3) is 2.88. The Morgan fingerprint density at radius 2 is 1.95 bits per heavy atom. The Bertz CT molecular complexity index is 638. The molecule has 0 unspecified atom stereocenters. The molecule has 0 aliphatic heterocycles. The van der Waals surface area contributed by atoms with Crippen molar-refractivity contribution < 1.29 is 9.90 Å². The van der Waals surface area contributed by atoms with Gasteiger partial charge in [-0.2, -0.15) is 0 Å². The van der Waals surface area contributed by atoms with Crippen molar-refractivity contribution in [3.05, 3.63) is 58.1 Å². The highest BCUT2D eigenvalue weighted by Crippen LogP contribution is 2.25. The molecule has 0 atom stereocenters. The molecule has 19 heavy (non-hydrogen) atoms. The van der Waals surface area contributed by atoms with Crippen molar-refractivity contribution in [2.45, 2.75) is 13.8 Å². The van der Waals surface area contributed by atoms with Crippen LogP contribution in [0.3, 0.4) is 0 Å². The molecule has 0 bridgehead atoms. The van der Waals surface area contributed by atoms with Crippen molar-refractivity contribution in [1.29, 1.82) is 0 Å². The highest BCUT2D eigenvalue weighted by Gasteiger charge is 2.10. The Morgan fingerprint density at radius 3 is 2.63 bits per heavy atom. The van der Waals surface area contributed by atoms with Crippen LogP contribution in [0.1, 0.15) is 21.5 Å². The number of benzene rings is 2. The van der Waals surface area contributed by atoms with Gasteiger partial charge in [0.05, 0.1) is 0 Å². The van der Waals surface area contributed by atoms with E-state index in [-0.39, 0.29) is 11.7 Å². The van der Waals surface area contributed by atoms with Crippen molar-refractivity contribution >= 4 is 23.2 Å². The number of hydrogen-bond donors (Lipinski definition) is 2. The summed E-state index contributed by atoms with van der Waals surface area (Å²) in [4.78, 5) is 12.1. The lowest BCUT2D eigenvalue weighted by atomic mass is 10.1. The molecule has 0 aliphatic carbocycles. The first-order valence-corrected chi connectivity index (χ1v) is 6.23. The summed E-state index contributed by atoms with van der Waals surface area (Å²) in [6.07, 6.45) is 0. The zero-order valence-corrected chi connectivity index (χ0v) is 11.5. The van der Waals surface area contributed by atoms with Crippen LogP contribution in [0.4, 0.5) is 5.69 Å². The first-order chi connectivity index (χ1) is 8.99. The van der Waals surface area contributed by atoms with E-state index in [1.165, 1.54) is 0 Å². The monoisotopic (exact) mass is 275 g/mol. The molecule has 0 aromatic heterocycles. The minimum absolute atomic E-state index is 0.153. The molecule has 0 heterocycles. The van der Waals surface area contributed by atoms with Crippen molar-refractivity contribution in [2.75, 3.05) is 5.32 Å². The van der Waals surface area contributed by atoms with E-state index in [2.05, 4.69) is 5.32 Å². The summed E-state index contributed by atoms with van der Waals surface area (Å²) in [5.41, 5.74) is 2.63. The Morgan fingerprint density at radius 1 is 1.21 bits per heavy atom. The van der Waals surface area contributed by atoms with E-state index < -0.39 is 0 Å². The van der Waals surface area contributed by atoms with E-state index in [1.807, 2.05) is 6.92 Å². The maximum absolute atomic E-state index is 12.1. The largest absolute Gasteiger partial charge is 0.508 e. The van der Waals surface area contributed by atoms with Crippen molar-refractivity contribution in [2.24, 2.45) is 0 Å². The van der Waals surface area contributed by atoms with Crippen molar-refractivity contribution in [1.82, 2.24) is 0 Å². The predicted octanol–water partition coefficient (Wildman–Crippen LogP) is 3.91. The summed E-state index contributed by atoms with van der Waals surface area (Å²) >= 11 is 6.00. The van der Waals surface area contributed by atoms with E-state index in [0.29, 0.717) is 21.8 Å². The van der Waals surface area contributed by atoms with E-state index in [0.717, 1.165) is 5.56 Å². The van der Waals surface area contributed by atoms with Gasteiger partial charge < -0.3 is 10.4 Å². The lowest BCUT2D eigenvalue weighted by molar-refractivity contribution is 0.102. The molecule has 0 radical (unpaired) electrons. The Balaban J connectivity index is 2.26. The molecule has 3 nitrogen and oxygen atoms in total. The van der Waals surface area contributed by atoms with Crippen LogP contribution in [0.25, 0.3) is 0 Å². The smallest absolute Gasteiger partial charge is 0.255 e. The van der Waals surface area contributed by atoms with Crippen LogP contribution in [0.15, 0.2) is 36.4 Å². The Kier molecular flexibility index (Phi) is 3.76. The normalized spacial score (nSPS) is 10.3. The summed E-state index contributed by atoms with van der Waals surface area (Å²) in [5.74, 6) is -0.102. The second kappa shape index (κ2) is 5.33. The molecule has 0 aliphatic rings. The SMILES string of the molecule is Cc1ccc(C(=O)Nc2cccc(O)c2C)cc1Cl. The van der Waals surface area contributed by atoms with Crippen LogP contribution >= 0.6 is 11.6 Å². The van der Waals surface area contributed by atoms with Gasteiger partial charge in [-0.25, -0.2) is 0 Å². The molecule has 2 aromatic rings. The maximum Gasteiger partial charge on any atom is 0.255 e. The lowest BCUT2D eigenvalue weighted by Gasteiger charge is -2.10. The van der Waals surface area contributed by atoms with Gasteiger partial charge >= 0.3 is 0 Å². The van der Waals surface area contributed by atoms with E-state index in [1.54, 1.807) is 43.3 Å². The highest BCUT2D eigenvalue weighted by atomic mass is 35.5. The summed E-state index contributed by atoms with van der Waals surface area (Å²) in [5, 5.41) is 12.9. The first-order valence-electron chi connectivity index (χ1n) is 5.85. The number of carbonyl (C=O) groups is 1. The van der Waals surface area contributed by atoms with E-state index in [9.17, 15) is 9.90 Å². The summed E-state index contributed by atoms with van der Waals surface area (Å²) < 4.78 is 0. The number of carbonyl (C=O) groups excluding carboxylic acids is 1. The van der Waals surface area contributed by atoms with Gasteiger partial charge in [0.1, 0.15) is 5.75 Å². The minimum atomic E-state index is -0.254. The van der Waals surface area contributed by atoms with Crippen molar-refractivity contribution in [3.63, 3.8) is 0 Å². The fraction of sp³-hybridized carbons (Fsp3) is 0.133. The fourth-order valence-corrected chi connectivity index (χ4v) is 1.87. The van der Waals surface area contributed by atoms with Crippen LogP contribution < -0.4 is 5.32 Å². The second-order valence-corrected chi connectivity index (χ2v) is 4.77. The average molecular weight is 276 g/mol. The van der Waals surface area contributed by atoms with Crippen LogP contribution in [-0.2, 0) is 0 Å². The number of nitrogens with one attached hydrogen (secondary N) is 1. The van der Waals surface area contributed by atoms with Gasteiger partial charge in [-0.1, -0.05) is 23.7 Å². The number of aryl methyl sites for hydroxylation is 1. The maximum atomic E-state index is 12.1. The molecule has 0 fully saturated rings. The van der Waals surface area contributed by atoms with Gasteiger partial charge in [-0.05, 0) is 43.7 Å². The number of phenolic OH excluding ortho intramolecular Hbond substituents is 1. The molecule has 0 saturated carbocycles. The number of anilines is 1. The summed E-state index contributed by atoms with van der Waals surface area (Å²) in [7, 11) is 0. The molecule has 98 valence electrons. The predicted molar refractivity (Wildman–Crippen MR) is 77.0 cm³/mol. The number of amides is 1. The van der Waals surface area contributed by atoms with Gasteiger partial charge in [0, 0.05) is 21.8 Å².